The lowest BCUT2D eigenvalue weighted by Crippen LogP contribution is -2.29. The molecule has 0 radical (unpaired) electrons. The molecule has 0 bridgehead atoms. The van der Waals surface area contributed by atoms with Gasteiger partial charge in [0.15, 0.2) is 0 Å². The van der Waals surface area contributed by atoms with Gasteiger partial charge in [0.05, 0.1) is 11.7 Å². The van der Waals surface area contributed by atoms with Gasteiger partial charge in [-0.1, -0.05) is 25.0 Å². The fraction of sp³-hybridized carbons (Fsp3) is 0.625. The van der Waals surface area contributed by atoms with Crippen LogP contribution >= 0.6 is 0 Å². The number of aliphatic hydroxyl groups excluding tert-OH is 1. The van der Waals surface area contributed by atoms with Crippen molar-refractivity contribution in [3.05, 3.63) is 35.4 Å². The van der Waals surface area contributed by atoms with Crippen LogP contribution in [0.2, 0.25) is 0 Å². The second-order valence-corrected chi connectivity index (χ2v) is 6.01. The van der Waals surface area contributed by atoms with E-state index in [1.807, 2.05) is 11.9 Å². The number of hydrogen-bond acceptors (Lipinski definition) is 2. The highest BCUT2D eigenvalue weighted by Gasteiger charge is 2.31. The van der Waals surface area contributed by atoms with Crippen molar-refractivity contribution in [2.45, 2.75) is 38.0 Å². The Bertz CT molecular complexity index is 455. The van der Waals surface area contributed by atoms with Crippen molar-refractivity contribution in [2.75, 3.05) is 20.1 Å². The maximum absolute atomic E-state index is 12.7. The van der Waals surface area contributed by atoms with Gasteiger partial charge in [-0.2, -0.15) is 13.2 Å². The highest BCUT2D eigenvalue weighted by Crippen LogP contribution is 2.31. The fourth-order valence-corrected chi connectivity index (χ4v) is 3.03. The molecule has 1 aliphatic rings. The summed E-state index contributed by atoms with van der Waals surface area (Å²) in [5, 5.41) is 10.1. The minimum atomic E-state index is -4.37. The first kappa shape index (κ1) is 16.3. The van der Waals surface area contributed by atoms with E-state index in [1.165, 1.54) is 31.7 Å². The SMILES string of the molecule is CN(CC1CCCC1)CC(O)c1cccc(C(F)(F)F)c1. The zero-order chi connectivity index (χ0) is 15.5. The molecule has 1 fully saturated rings. The first-order valence-corrected chi connectivity index (χ1v) is 7.40. The van der Waals surface area contributed by atoms with Crippen LogP contribution in [0, 0.1) is 5.92 Å². The molecule has 1 unspecified atom stereocenters. The summed E-state index contributed by atoms with van der Waals surface area (Å²) >= 11 is 0. The standard InChI is InChI=1S/C16H22F3NO/c1-20(10-12-5-2-3-6-12)11-15(21)13-7-4-8-14(9-13)16(17,18)19/h4,7-9,12,15,21H,2-3,5-6,10-11H2,1H3. The Morgan fingerprint density at radius 1 is 1.29 bits per heavy atom. The van der Waals surface area contributed by atoms with E-state index in [0.29, 0.717) is 18.0 Å². The molecule has 1 N–H and O–H groups in total. The fourth-order valence-electron chi connectivity index (χ4n) is 3.03. The Balaban J connectivity index is 1.94. The van der Waals surface area contributed by atoms with Gasteiger partial charge in [-0.3, -0.25) is 0 Å². The predicted octanol–water partition coefficient (Wildman–Crippen LogP) is 3.86. The normalized spacial score (nSPS) is 18.4. The first-order valence-electron chi connectivity index (χ1n) is 7.40. The van der Waals surface area contributed by atoms with Crippen molar-refractivity contribution < 1.29 is 18.3 Å². The number of likely N-dealkylation sites (N-methyl/N-ethyl adjacent to an activating group) is 1. The second-order valence-electron chi connectivity index (χ2n) is 6.01. The van der Waals surface area contributed by atoms with Crippen molar-refractivity contribution in [1.29, 1.82) is 0 Å². The Kier molecular flexibility index (Phi) is 5.27. The van der Waals surface area contributed by atoms with Crippen LogP contribution < -0.4 is 0 Å². The number of aliphatic hydroxyl groups is 1. The van der Waals surface area contributed by atoms with Crippen LogP contribution in [0.3, 0.4) is 0 Å². The van der Waals surface area contributed by atoms with Crippen molar-refractivity contribution in [3.63, 3.8) is 0 Å². The zero-order valence-electron chi connectivity index (χ0n) is 12.2. The quantitative estimate of drug-likeness (QED) is 0.892. The molecule has 1 aliphatic carbocycles. The molecule has 0 aromatic heterocycles. The summed E-state index contributed by atoms with van der Waals surface area (Å²) in [4.78, 5) is 2.01. The molecule has 21 heavy (non-hydrogen) atoms. The van der Waals surface area contributed by atoms with Crippen LogP contribution in [-0.2, 0) is 6.18 Å². The van der Waals surface area contributed by atoms with Crippen LogP contribution in [0.25, 0.3) is 0 Å². The van der Waals surface area contributed by atoms with Gasteiger partial charge < -0.3 is 10.0 Å². The lowest BCUT2D eigenvalue weighted by molar-refractivity contribution is -0.137. The van der Waals surface area contributed by atoms with Gasteiger partial charge in [0.25, 0.3) is 0 Å². The van der Waals surface area contributed by atoms with Gasteiger partial charge in [0.1, 0.15) is 0 Å². The number of benzene rings is 1. The maximum atomic E-state index is 12.7. The van der Waals surface area contributed by atoms with Crippen molar-refractivity contribution in [1.82, 2.24) is 4.90 Å². The lowest BCUT2D eigenvalue weighted by Gasteiger charge is -2.24. The van der Waals surface area contributed by atoms with Gasteiger partial charge in [-0.15, -0.1) is 0 Å². The number of nitrogens with zero attached hydrogens (tertiary/aromatic N) is 1. The maximum Gasteiger partial charge on any atom is 0.416 e. The molecule has 1 saturated carbocycles. The van der Waals surface area contributed by atoms with E-state index < -0.39 is 17.8 Å². The average molecular weight is 301 g/mol. The van der Waals surface area contributed by atoms with E-state index in [-0.39, 0.29) is 0 Å². The van der Waals surface area contributed by atoms with Crippen molar-refractivity contribution >= 4 is 0 Å². The lowest BCUT2D eigenvalue weighted by atomic mass is 10.0. The van der Waals surface area contributed by atoms with Gasteiger partial charge in [-0.05, 0) is 43.5 Å². The van der Waals surface area contributed by atoms with Gasteiger partial charge in [0, 0.05) is 13.1 Å². The molecule has 118 valence electrons. The summed E-state index contributed by atoms with van der Waals surface area (Å²) in [7, 11) is 1.91. The van der Waals surface area contributed by atoms with Crippen molar-refractivity contribution in [3.8, 4) is 0 Å². The van der Waals surface area contributed by atoms with Crippen LogP contribution in [-0.4, -0.2) is 30.1 Å². The molecule has 0 spiro atoms. The summed E-state index contributed by atoms with van der Waals surface area (Å²) in [6.45, 7) is 1.26. The minimum absolute atomic E-state index is 0.322. The number of rotatable bonds is 5. The molecule has 2 nitrogen and oxygen atoms in total. The zero-order valence-corrected chi connectivity index (χ0v) is 12.2. The third-order valence-corrected chi connectivity index (χ3v) is 4.13. The molecule has 0 amide bonds. The van der Waals surface area contributed by atoms with E-state index in [9.17, 15) is 18.3 Å². The molecule has 1 aromatic rings. The topological polar surface area (TPSA) is 23.5 Å². The van der Waals surface area contributed by atoms with Crippen LogP contribution in [0.1, 0.15) is 42.9 Å². The van der Waals surface area contributed by atoms with E-state index in [4.69, 9.17) is 0 Å². The molecule has 5 heteroatoms. The smallest absolute Gasteiger partial charge is 0.387 e. The van der Waals surface area contributed by atoms with Crippen LogP contribution in [0.4, 0.5) is 13.2 Å². The van der Waals surface area contributed by atoms with Gasteiger partial charge in [0.2, 0.25) is 0 Å². The minimum Gasteiger partial charge on any atom is -0.387 e. The molecule has 2 rings (SSSR count). The van der Waals surface area contributed by atoms with E-state index >= 15 is 0 Å². The number of halogens is 3. The molecule has 1 atom stereocenters. The Morgan fingerprint density at radius 3 is 2.57 bits per heavy atom. The molecular formula is C16H22F3NO. The highest BCUT2D eigenvalue weighted by atomic mass is 19.4. The first-order chi connectivity index (χ1) is 9.86. The monoisotopic (exact) mass is 301 g/mol. The molecule has 1 aromatic carbocycles. The molecule has 0 saturated heterocycles. The van der Waals surface area contributed by atoms with Crippen LogP contribution in [0.5, 0.6) is 0 Å². The van der Waals surface area contributed by atoms with E-state index in [0.717, 1.165) is 18.7 Å². The summed E-state index contributed by atoms with van der Waals surface area (Å²) in [6, 6.07) is 4.95. The third kappa shape index (κ3) is 4.71. The Hall–Kier alpha value is -1.07. The predicted molar refractivity (Wildman–Crippen MR) is 75.9 cm³/mol. The molecule has 0 aliphatic heterocycles. The average Bonchev–Trinajstić information content (AvgIpc) is 2.90. The third-order valence-electron chi connectivity index (χ3n) is 4.13. The second kappa shape index (κ2) is 6.79. The number of alkyl halides is 3. The van der Waals surface area contributed by atoms with Crippen LogP contribution in [0.15, 0.2) is 24.3 Å². The Morgan fingerprint density at radius 2 is 1.95 bits per heavy atom. The molecular weight excluding hydrogens is 279 g/mol. The molecule has 0 heterocycles. The largest absolute Gasteiger partial charge is 0.416 e. The van der Waals surface area contributed by atoms with Gasteiger partial charge in [-0.25, -0.2) is 0 Å². The van der Waals surface area contributed by atoms with Gasteiger partial charge >= 0.3 is 6.18 Å². The summed E-state index contributed by atoms with van der Waals surface area (Å²) in [6.07, 6.45) is -0.318. The van der Waals surface area contributed by atoms with E-state index in [2.05, 4.69) is 0 Å². The van der Waals surface area contributed by atoms with Crippen molar-refractivity contribution in [2.24, 2.45) is 5.92 Å². The number of hydrogen-bond donors (Lipinski definition) is 1. The van der Waals surface area contributed by atoms with E-state index in [1.54, 1.807) is 6.07 Å². The highest BCUT2D eigenvalue weighted by molar-refractivity contribution is 5.27. The summed E-state index contributed by atoms with van der Waals surface area (Å²) in [5.74, 6) is 0.656. The summed E-state index contributed by atoms with van der Waals surface area (Å²) in [5.41, 5.74) is -0.388. The summed E-state index contributed by atoms with van der Waals surface area (Å²) < 4.78 is 38.0. The Labute approximate surface area is 123 Å².